The molecule has 21 heavy (non-hydrogen) atoms. The fourth-order valence-corrected chi connectivity index (χ4v) is 3.33. The van der Waals surface area contributed by atoms with Gasteiger partial charge in [0.2, 0.25) is 0 Å². The summed E-state index contributed by atoms with van der Waals surface area (Å²) in [6.07, 6.45) is 2.70. The van der Waals surface area contributed by atoms with Crippen molar-refractivity contribution in [3.05, 3.63) is 34.9 Å². The average Bonchev–Trinajstić information content (AvgIpc) is 2.35. The zero-order valence-corrected chi connectivity index (χ0v) is 14.5. The predicted molar refractivity (Wildman–Crippen MR) is 91.7 cm³/mol. The summed E-state index contributed by atoms with van der Waals surface area (Å²) in [4.78, 5) is 2.63. The second-order valence-electron chi connectivity index (χ2n) is 7.87. The highest BCUT2D eigenvalue weighted by Gasteiger charge is 2.21. The van der Waals surface area contributed by atoms with Gasteiger partial charge in [-0.3, -0.25) is 4.90 Å². The Morgan fingerprint density at radius 1 is 1.14 bits per heavy atom. The highest BCUT2D eigenvalue weighted by molar-refractivity contribution is 5.28. The molecule has 0 aromatic heterocycles. The zero-order chi connectivity index (χ0) is 15.5. The number of nitrogens with one attached hydrogen (secondary N) is 1. The summed E-state index contributed by atoms with van der Waals surface area (Å²) in [6, 6.07) is 6.93. The summed E-state index contributed by atoms with van der Waals surface area (Å²) in [7, 11) is 0. The SMILES string of the molecule is Cc1cc(C)cc(CN2CCCC(CNC(C)(C)C)C2)c1. The number of nitrogens with zero attached hydrogens (tertiary/aromatic N) is 1. The van der Waals surface area contributed by atoms with Crippen LogP contribution in [0.25, 0.3) is 0 Å². The molecule has 0 spiro atoms. The van der Waals surface area contributed by atoms with Crippen LogP contribution in [0.2, 0.25) is 0 Å². The van der Waals surface area contributed by atoms with Gasteiger partial charge in [-0.1, -0.05) is 29.3 Å². The van der Waals surface area contributed by atoms with Crippen molar-refractivity contribution < 1.29 is 0 Å². The summed E-state index contributed by atoms with van der Waals surface area (Å²) in [5.41, 5.74) is 4.47. The van der Waals surface area contributed by atoms with Crippen LogP contribution < -0.4 is 5.32 Å². The molecule has 2 rings (SSSR count). The summed E-state index contributed by atoms with van der Waals surface area (Å²) in [5.74, 6) is 0.795. The van der Waals surface area contributed by atoms with Crippen molar-refractivity contribution in [1.82, 2.24) is 10.2 Å². The summed E-state index contributed by atoms with van der Waals surface area (Å²) < 4.78 is 0. The zero-order valence-electron chi connectivity index (χ0n) is 14.5. The van der Waals surface area contributed by atoms with Crippen LogP contribution in [0.4, 0.5) is 0 Å². The Balaban J connectivity index is 1.89. The number of aryl methyl sites for hydroxylation is 2. The largest absolute Gasteiger partial charge is 0.312 e. The lowest BCUT2D eigenvalue weighted by Gasteiger charge is -2.34. The van der Waals surface area contributed by atoms with Gasteiger partial charge in [0.25, 0.3) is 0 Å². The quantitative estimate of drug-likeness (QED) is 0.904. The molecule has 1 N–H and O–H groups in total. The fraction of sp³-hybridized carbons (Fsp3) is 0.684. The van der Waals surface area contributed by atoms with Crippen LogP contribution in [-0.4, -0.2) is 30.1 Å². The third-order valence-corrected chi connectivity index (χ3v) is 4.21. The van der Waals surface area contributed by atoms with Crippen molar-refractivity contribution in [3.8, 4) is 0 Å². The van der Waals surface area contributed by atoms with Gasteiger partial charge in [0.15, 0.2) is 0 Å². The van der Waals surface area contributed by atoms with Crippen LogP contribution in [0, 0.1) is 19.8 Å². The van der Waals surface area contributed by atoms with Gasteiger partial charge in [-0.2, -0.15) is 0 Å². The van der Waals surface area contributed by atoms with Crippen LogP contribution >= 0.6 is 0 Å². The molecule has 1 aliphatic heterocycles. The topological polar surface area (TPSA) is 15.3 Å². The second-order valence-corrected chi connectivity index (χ2v) is 7.87. The Morgan fingerprint density at radius 3 is 2.43 bits per heavy atom. The number of rotatable bonds is 4. The monoisotopic (exact) mass is 288 g/mol. The van der Waals surface area contributed by atoms with E-state index in [1.165, 1.54) is 42.6 Å². The summed E-state index contributed by atoms with van der Waals surface area (Å²) in [6.45, 7) is 15.9. The minimum Gasteiger partial charge on any atom is -0.312 e. The third-order valence-electron chi connectivity index (χ3n) is 4.21. The van der Waals surface area contributed by atoms with Gasteiger partial charge in [0.1, 0.15) is 0 Å². The molecular formula is C19H32N2. The van der Waals surface area contributed by atoms with E-state index in [0.717, 1.165) is 19.0 Å². The first-order valence-corrected chi connectivity index (χ1v) is 8.36. The third kappa shape index (κ3) is 5.80. The molecule has 118 valence electrons. The maximum Gasteiger partial charge on any atom is 0.0234 e. The minimum absolute atomic E-state index is 0.232. The van der Waals surface area contributed by atoms with Gasteiger partial charge in [-0.25, -0.2) is 0 Å². The highest BCUT2D eigenvalue weighted by atomic mass is 15.1. The molecule has 1 aromatic rings. The Labute approximate surface area is 130 Å². The molecule has 1 fully saturated rings. The van der Waals surface area contributed by atoms with E-state index >= 15 is 0 Å². The van der Waals surface area contributed by atoms with Crippen LogP contribution in [0.5, 0.6) is 0 Å². The second kappa shape index (κ2) is 6.93. The van der Waals surface area contributed by atoms with Crippen LogP contribution in [0.3, 0.4) is 0 Å². The first kappa shape index (κ1) is 16.5. The van der Waals surface area contributed by atoms with E-state index in [4.69, 9.17) is 0 Å². The molecule has 1 unspecified atom stereocenters. The molecule has 0 radical (unpaired) electrons. The van der Waals surface area contributed by atoms with E-state index in [1.807, 2.05) is 0 Å². The van der Waals surface area contributed by atoms with E-state index in [2.05, 4.69) is 63.0 Å². The van der Waals surface area contributed by atoms with Crippen molar-refractivity contribution in [2.24, 2.45) is 5.92 Å². The molecule has 1 aromatic carbocycles. The van der Waals surface area contributed by atoms with Crippen molar-refractivity contribution in [2.45, 2.75) is 59.5 Å². The summed E-state index contributed by atoms with van der Waals surface area (Å²) in [5, 5.41) is 3.67. The Kier molecular flexibility index (Phi) is 5.45. The Bertz CT molecular complexity index is 439. The lowest BCUT2D eigenvalue weighted by molar-refractivity contribution is 0.159. The van der Waals surface area contributed by atoms with Crippen molar-refractivity contribution >= 4 is 0 Å². The van der Waals surface area contributed by atoms with Gasteiger partial charge >= 0.3 is 0 Å². The van der Waals surface area contributed by atoms with E-state index in [1.54, 1.807) is 0 Å². The van der Waals surface area contributed by atoms with E-state index in [0.29, 0.717) is 0 Å². The van der Waals surface area contributed by atoms with Crippen LogP contribution in [-0.2, 0) is 6.54 Å². The molecule has 1 aliphatic rings. The lowest BCUT2D eigenvalue weighted by Crippen LogP contribution is -2.44. The van der Waals surface area contributed by atoms with E-state index < -0.39 is 0 Å². The maximum absolute atomic E-state index is 3.67. The molecule has 1 saturated heterocycles. The van der Waals surface area contributed by atoms with E-state index in [9.17, 15) is 0 Å². The Hall–Kier alpha value is -0.860. The first-order valence-electron chi connectivity index (χ1n) is 8.36. The van der Waals surface area contributed by atoms with E-state index in [-0.39, 0.29) is 5.54 Å². The fourth-order valence-electron chi connectivity index (χ4n) is 3.33. The smallest absolute Gasteiger partial charge is 0.0234 e. The van der Waals surface area contributed by atoms with Gasteiger partial charge in [0.05, 0.1) is 0 Å². The maximum atomic E-state index is 3.67. The van der Waals surface area contributed by atoms with Gasteiger partial charge < -0.3 is 5.32 Å². The van der Waals surface area contributed by atoms with Crippen molar-refractivity contribution in [1.29, 1.82) is 0 Å². The highest BCUT2D eigenvalue weighted by Crippen LogP contribution is 2.20. The first-order chi connectivity index (χ1) is 9.82. The van der Waals surface area contributed by atoms with Gasteiger partial charge in [-0.15, -0.1) is 0 Å². The minimum atomic E-state index is 0.232. The number of hydrogen-bond acceptors (Lipinski definition) is 2. The molecule has 0 saturated carbocycles. The normalized spacial score (nSPS) is 20.7. The van der Waals surface area contributed by atoms with Crippen LogP contribution in [0.15, 0.2) is 18.2 Å². The molecule has 0 bridgehead atoms. The van der Waals surface area contributed by atoms with Gasteiger partial charge in [-0.05, 0) is 72.0 Å². The standard InChI is InChI=1S/C19H32N2/c1-15-9-16(2)11-18(10-15)14-21-8-6-7-17(13-21)12-20-19(3,4)5/h9-11,17,20H,6-8,12-14H2,1-5H3. The molecule has 0 aliphatic carbocycles. The predicted octanol–water partition coefficient (Wildman–Crippen LogP) is 3.90. The number of hydrogen-bond donors (Lipinski definition) is 1. The lowest BCUT2D eigenvalue weighted by atomic mass is 9.96. The summed E-state index contributed by atoms with van der Waals surface area (Å²) >= 11 is 0. The Morgan fingerprint density at radius 2 is 1.81 bits per heavy atom. The van der Waals surface area contributed by atoms with Gasteiger partial charge in [0, 0.05) is 18.6 Å². The molecule has 1 atom stereocenters. The average molecular weight is 288 g/mol. The molecular weight excluding hydrogens is 256 g/mol. The molecule has 0 amide bonds. The van der Waals surface area contributed by atoms with Crippen molar-refractivity contribution in [2.75, 3.05) is 19.6 Å². The molecule has 2 nitrogen and oxygen atoms in total. The molecule has 1 heterocycles. The molecule has 2 heteroatoms. The number of benzene rings is 1. The van der Waals surface area contributed by atoms with Crippen LogP contribution in [0.1, 0.15) is 50.3 Å². The van der Waals surface area contributed by atoms with Crippen molar-refractivity contribution in [3.63, 3.8) is 0 Å². The number of piperidine rings is 1. The number of likely N-dealkylation sites (tertiary alicyclic amines) is 1.